The van der Waals surface area contributed by atoms with Gasteiger partial charge in [0.05, 0.1) is 6.61 Å². The molecule has 0 unspecified atom stereocenters. The largest absolute Gasteiger partial charge is 0.450 e. The third kappa shape index (κ3) is 4.57. The van der Waals surface area contributed by atoms with Crippen molar-refractivity contribution in [3.05, 3.63) is 47.2 Å². The molecule has 2 heterocycles. The Morgan fingerprint density at radius 2 is 1.82 bits per heavy atom. The van der Waals surface area contributed by atoms with E-state index in [0.29, 0.717) is 38.6 Å². The number of benzene rings is 1. The number of aromatic nitrogens is 2. The topological polar surface area (TPSA) is 87.7 Å². The third-order valence-corrected chi connectivity index (χ3v) is 4.64. The Kier molecular flexibility index (Phi) is 6.08. The predicted octanol–water partition coefficient (Wildman–Crippen LogP) is 2.62. The molecule has 2 amide bonds. The predicted molar refractivity (Wildman–Crippen MR) is 107 cm³/mol. The highest BCUT2D eigenvalue weighted by Crippen LogP contribution is 2.18. The van der Waals surface area contributed by atoms with Gasteiger partial charge in [0.15, 0.2) is 11.5 Å². The number of nitrogens with one attached hydrogen (secondary N) is 1. The van der Waals surface area contributed by atoms with E-state index >= 15 is 0 Å². The zero-order valence-corrected chi connectivity index (χ0v) is 16.4. The summed E-state index contributed by atoms with van der Waals surface area (Å²) in [4.78, 5) is 27.9. The van der Waals surface area contributed by atoms with Crippen molar-refractivity contribution in [2.24, 2.45) is 0 Å². The Morgan fingerprint density at radius 3 is 2.43 bits per heavy atom. The summed E-state index contributed by atoms with van der Waals surface area (Å²) in [7, 11) is 0. The molecule has 0 atom stereocenters. The molecule has 8 nitrogen and oxygen atoms in total. The lowest BCUT2D eigenvalue weighted by Crippen LogP contribution is -2.49. The van der Waals surface area contributed by atoms with E-state index < -0.39 is 0 Å². The number of nitrogens with zero attached hydrogens (tertiary/aromatic N) is 4. The minimum absolute atomic E-state index is 0.258. The van der Waals surface area contributed by atoms with Gasteiger partial charge < -0.3 is 19.9 Å². The molecule has 1 aromatic carbocycles. The maximum absolute atomic E-state index is 12.4. The van der Waals surface area contributed by atoms with Crippen molar-refractivity contribution in [2.75, 3.05) is 43.0 Å². The minimum atomic E-state index is -0.293. The minimum Gasteiger partial charge on any atom is -0.450 e. The molecule has 0 spiro atoms. The summed E-state index contributed by atoms with van der Waals surface area (Å²) in [6.45, 7) is 8.54. The maximum atomic E-state index is 12.4. The highest BCUT2D eigenvalue weighted by molar-refractivity contribution is 6.03. The van der Waals surface area contributed by atoms with E-state index in [2.05, 4.69) is 15.5 Å². The maximum Gasteiger partial charge on any atom is 0.409 e. The molecular weight excluding hydrogens is 358 g/mol. The SMILES string of the molecule is CCOC(=O)N1CCN(c2ccc(C(=O)Nc3ccc(C)cc3C)nn2)CC1. The molecule has 3 rings (SSSR count). The number of piperazine rings is 1. The molecule has 0 saturated carbocycles. The second kappa shape index (κ2) is 8.69. The summed E-state index contributed by atoms with van der Waals surface area (Å²) in [6.07, 6.45) is -0.286. The van der Waals surface area contributed by atoms with E-state index in [0.717, 1.165) is 16.8 Å². The van der Waals surface area contributed by atoms with E-state index in [1.54, 1.807) is 24.0 Å². The average molecular weight is 383 g/mol. The molecular formula is C20H25N5O3. The van der Waals surface area contributed by atoms with Gasteiger partial charge in [0.1, 0.15) is 0 Å². The number of amides is 2. The van der Waals surface area contributed by atoms with Crippen LogP contribution in [0, 0.1) is 13.8 Å². The summed E-state index contributed by atoms with van der Waals surface area (Å²) in [5, 5.41) is 11.1. The van der Waals surface area contributed by atoms with Crippen LogP contribution in [0.15, 0.2) is 30.3 Å². The van der Waals surface area contributed by atoms with Gasteiger partial charge in [-0.05, 0) is 44.5 Å². The molecule has 28 heavy (non-hydrogen) atoms. The van der Waals surface area contributed by atoms with Gasteiger partial charge in [-0.3, -0.25) is 4.79 Å². The Balaban J connectivity index is 1.59. The van der Waals surface area contributed by atoms with Crippen molar-refractivity contribution < 1.29 is 14.3 Å². The quantitative estimate of drug-likeness (QED) is 0.873. The van der Waals surface area contributed by atoms with Crippen LogP contribution in [-0.2, 0) is 4.74 Å². The van der Waals surface area contributed by atoms with Crippen LogP contribution in [0.2, 0.25) is 0 Å². The lowest BCUT2D eigenvalue weighted by atomic mass is 10.1. The number of anilines is 2. The molecule has 1 fully saturated rings. The van der Waals surface area contributed by atoms with E-state index in [4.69, 9.17) is 4.74 Å². The summed E-state index contributed by atoms with van der Waals surface area (Å²) in [6, 6.07) is 9.30. The van der Waals surface area contributed by atoms with Crippen molar-refractivity contribution in [1.29, 1.82) is 0 Å². The summed E-state index contributed by atoms with van der Waals surface area (Å²) in [5.74, 6) is 0.393. The lowest BCUT2D eigenvalue weighted by Gasteiger charge is -2.34. The molecule has 1 aliphatic rings. The van der Waals surface area contributed by atoms with Gasteiger partial charge >= 0.3 is 6.09 Å². The smallest absolute Gasteiger partial charge is 0.409 e. The standard InChI is InChI=1S/C20H25N5O3/c1-4-28-20(27)25-11-9-24(10-12-25)18-8-7-17(22-23-18)19(26)21-16-6-5-14(2)13-15(16)3/h5-8,13H,4,9-12H2,1-3H3,(H,21,26). The number of hydrogen-bond donors (Lipinski definition) is 1. The van der Waals surface area contributed by atoms with Gasteiger partial charge in [0.25, 0.3) is 5.91 Å². The van der Waals surface area contributed by atoms with Crippen LogP contribution in [0.5, 0.6) is 0 Å². The second-order valence-electron chi connectivity index (χ2n) is 6.72. The molecule has 148 valence electrons. The van der Waals surface area contributed by atoms with E-state index in [-0.39, 0.29) is 17.7 Å². The number of ether oxygens (including phenoxy) is 1. The number of aryl methyl sites for hydroxylation is 2. The highest BCUT2D eigenvalue weighted by atomic mass is 16.6. The second-order valence-corrected chi connectivity index (χ2v) is 6.72. The van der Waals surface area contributed by atoms with Crippen molar-refractivity contribution >= 4 is 23.5 Å². The highest BCUT2D eigenvalue weighted by Gasteiger charge is 2.23. The first-order valence-corrected chi connectivity index (χ1v) is 9.37. The van der Waals surface area contributed by atoms with Crippen LogP contribution < -0.4 is 10.2 Å². The van der Waals surface area contributed by atoms with Crippen molar-refractivity contribution in [3.8, 4) is 0 Å². The molecule has 1 aromatic heterocycles. The average Bonchev–Trinajstić information content (AvgIpc) is 2.70. The number of hydrogen-bond acceptors (Lipinski definition) is 6. The molecule has 8 heteroatoms. The van der Waals surface area contributed by atoms with E-state index in [1.807, 2.05) is 36.9 Å². The van der Waals surface area contributed by atoms with Gasteiger partial charge in [0, 0.05) is 31.9 Å². The van der Waals surface area contributed by atoms with E-state index in [9.17, 15) is 9.59 Å². The zero-order chi connectivity index (χ0) is 20.1. The van der Waals surface area contributed by atoms with Crippen molar-refractivity contribution in [3.63, 3.8) is 0 Å². The van der Waals surface area contributed by atoms with Crippen LogP contribution >= 0.6 is 0 Å². The first kappa shape index (κ1) is 19.6. The number of rotatable bonds is 4. The van der Waals surface area contributed by atoms with Crippen molar-refractivity contribution in [1.82, 2.24) is 15.1 Å². The van der Waals surface area contributed by atoms with E-state index in [1.165, 1.54) is 0 Å². The lowest BCUT2D eigenvalue weighted by molar-refractivity contribution is 0.101. The molecule has 0 aliphatic carbocycles. The Bertz CT molecular complexity index is 845. The van der Waals surface area contributed by atoms with Gasteiger partial charge in [-0.25, -0.2) is 4.79 Å². The summed E-state index contributed by atoms with van der Waals surface area (Å²) >= 11 is 0. The van der Waals surface area contributed by atoms with Gasteiger partial charge in [-0.1, -0.05) is 17.7 Å². The monoisotopic (exact) mass is 383 g/mol. The van der Waals surface area contributed by atoms with Crippen LogP contribution in [0.3, 0.4) is 0 Å². The van der Waals surface area contributed by atoms with Crippen molar-refractivity contribution in [2.45, 2.75) is 20.8 Å². The van der Waals surface area contributed by atoms with Gasteiger partial charge in [-0.15, -0.1) is 10.2 Å². The fraction of sp³-hybridized carbons (Fsp3) is 0.400. The van der Waals surface area contributed by atoms with Crippen LogP contribution in [0.1, 0.15) is 28.5 Å². The first-order chi connectivity index (χ1) is 13.5. The fourth-order valence-electron chi connectivity index (χ4n) is 3.09. The third-order valence-electron chi connectivity index (χ3n) is 4.64. The fourth-order valence-corrected chi connectivity index (χ4v) is 3.09. The number of carbonyl (C=O) groups excluding carboxylic acids is 2. The zero-order valence-electron chi connectivity index (χ0n) is 16.4. The van der Waals surface area contributed by atoms with Crippen LogP contribution in [-0.4, -0.2) is 59.9 Å². The Hall–Kier alpha value is -3.16. The molecule has 1 aliphatic heterocycles. The summed E-state index contributed by atoms with van der Waals surface area (Å²) < 4.78 is 5.02. The van der Waals surface area contributed by atoms with Gasteiger partial charge in [0.2, 0.25) is 0 Å². The molecule has 1 saturated heterocycles. The van der Waals surface area contributed by atoms with Crippen LogP contribution in [0.25, 0.3) is 0 Å². The molecule has 0 radical (unpaired) electrons. The number of carbonyl (C=O) groups is 2. The van der Waals surface area contributed by atoms with Crippen LogP contribution in [0.4, 0.5) is 16.3 Å². The normalized spacial score (nSPS) is 14.0. The Morgan fingerprint density at radius 1 is 1.07 bits per heavy atom. The molecule has 0 bridgehead atoms. The Labute approximate surface area is 164 Å². The molecule has 2 aromatic rings. The molecule has 1 N–H and O–H groups in total. The summed E-state index contributed by atoms with van der Waals surface area (Å²) in [5.41, 5.74) is 3.16. The van der Waals surface area contributed by atoms with Gasteiger partial charge in [-0.2, -0.15) is 0 Å². The first-order valence-electron chi connectivity index (χ1n) is 9.37.